The van der Waals surface area contributed by atoms with Gasteiger partial charge in [-0.25, -0.2) is 0 Å². The van der Waals surface area contributed by atoms with Gasteiger partial charge in [-0.15, -0.1) is 0 Å². The van der Waals surface area contributed by atoms with Gasteiger partial charge in [0.1, 0.15) is 0 Å². The lowest BCUT2D eigenvalue weighted by molar-refractivity contribution is 0.245. The number of rotatable bonds is 1. The molecule has 1 saturated carbocycles. The molecule has 0 bridgehead atoms. The van der Waals surface area contributed by atoms with Gasteiger partial charge >= 0.3 is 0 Å². The summed E-state index contributed by atoms with van der Waals surface area (Å²) in [5, 5.41) is 8.80. The molecule has 0 aliphatic heterocycles. The maximum atomic E-state index is 8.80. The third-order valence-corrected chi connectivity index (χ3v) is 1.66. The van der Waals surface area contributed by atoms with Crippen LogP contribution in [-0.4, -0.2) is 11.2 Å². The Morgan fingerprint density at radius 1 is 1.57 bits per heavy atom. The first kappa shape index (κ1) is 5.10. The first-order valence-electron chi connectivity index (χ1n) is 2.90. The van der Waals surface area contributed by atoms with E-state index >= 15 is 0 Å². The molecule has 1 N–H and O–H groups in total. The molecule has 0 aromatic rings. The highest BCUT2D eigenvalue weighted by molar-refractivity contribution is 4.87. The summed E-state index contributed by atoms with van der Waals surface area (Å²) in [6.07, 6.45) is 1.08. The molecule has 1 fully saturated rings. The molecule has 0 unspecified atom stereocenters. The van der Waals surface area contributed by atoms with Gasteiger partial charge in [0.15, 0.2) is 0 Å². The van der Waals surface area contributed by atoms with Gasteiger partial charge in [-0.05, 0) is 18.3 Å². The summed E-state index contributed by atoms with van der Waals surface area (Å²) in [6.45, 7) is 4.31. The first-order chi connectivity index (χ1) is 3.22. The third kappa shape index (κ3) is 0.942. The molecule has 0 aromatic heterocycles. The van der Waals surface area contributed by atoms with E-state index in [2.05, 4.69) is 13.8 Å². The van der Waals surface area contributed by atoms with E-state index < -0.39 is 0 Å². The van der Waals surface area contributed by atoms with Crippen LogP contribution >= 0.6 is 0 Å². The smallest absolute Gasteiger partial charge is 0.0575 e. The fraction of sp³-hybridized carbons (Fsp3) is 1.00. The highest BCUT2D eigenvalue weighted by atomic mass is 16.3. The van der Waals surface area contributed by atoms with Crippen molar-refractivity contribution in [3.8, 4) is 0 Å². The van der Waals surface area contributed by atoms with E-state index in [1.807, 2.05) is 0 Å². The minimum absolute atomic E-state index is 0.0417. The Labute approximate surface area is 44.4 Å². The number of hydrogen-bond donors (Lipinski definition) is 1. The molecule has 1 aliphatic carbocycles. The summed E-state index contributed by atoms with van der Waals surface area (Å²) < 4.78 is 0. The van der Waals surface area contributed by atoms with Crippen LogP contribution in [0.3, 0.4) is 0 Å². The lowest BCUT2D eigenvalue weighted by Crippen LogP contribution is -1.93. The molecule has 0 radical (unpaired) electrons. The van der Waals surface area contributed by atoms with Gasteiger partial charge in [-0.1, -0.05) is 13.8 Å². The van der Waals surface area contributed by atoms with Crippen LogP contribution in [0, 0.1) is 11.8 Å². The summed E-state index contributed by atoms with van der Waals surface area (Å²) in [7, 11) is 0. The summed E-state index contributed by atoms with van der Waals surface area (Å²) >= 11 is 0. The topological polar surface area (TPSA) is 20.2 Å². The number of aliphatic hydroxyl groups is 1. The van der Waals surface area contributed by atoms with E-state index in [4.69, 9.17) is 5.11 Å². The molecule has 7 heavy (non-hydrogen) atoms. The SMILES string of the molecule is CC(C)[C@@H]1C[C@@H]1O. The molecule has 2 atom stereocenters. The zero-order valence-corrected chi connectivity index (χ0v) is 4.89. The highest BCUT2D eigenvalue weighted by Gasteiger charge is 2.37. The van der Waals surface area contributed by atoms with E-state index in [0.717, 1.165) is 6.42 Å². The summed E-state index contributed by atoms with van der Waals surface area (Å²) in [5.41, 5.74) is 0. The van der Waals surface area contributed by atoms with Crippen molar-refractivity contribution < 1.29 is 5.11 Å². The molecular weight excluding hydrogens is 88.1 g/mol. The van der Waals surface area contributed by atoms with Crippen LogP contribution in [0.2, 0.25) is 0 Å². The van der Waals surface area contributed by atoms with E-state index in [0.29, 0.717) is 11.8 Å². The fourth-order valence-electron chi connectivity index (χ4n) is 0.917. The Morgan fingerprint density at radius 2 is 2.00 bits per heavy atom. The second-order valence-corrected chi connectivity index (χ2v) is 2.71. The van der Waals surface area contributed by atoms with Crippen molar-refractivity contribution in [3.63, 3.8) is 0 Å². The van der Waals surface area contributed by atoms with E-state index in [1.54, 1.807) is 0 Å². The van der Waals surface area contributed by atoms with Gasteiger partial charge in [-0.3, -0.25) is 0 Å². The predicted molar refractivity (Wildman–Crippen MR) is 29.0 cm³/mol. The Morgan fingerprint density at radius 3 is 2.00 bits per heavy atom. The molecule has 0 spiro atoms. The molecule has 0 heterocycles. The van der Waals surface area contributed by atoms with Crippen molar-refractivity contribution in [2.45, 2.75) is 26.4 Å². The van der Waals surface area contributed by atoms with Crippen LogP contribution in [-0.2, 0) is 0 Å². The molecular formula is C6H12O. The Bertz CT molecular complexity index is 68.6. The Hall–Kier alpha value is -0.0400. The zero-order valence-electron chi connectivity index (χ0n) is 4.89. The fourth-order valence-corrected chi connectivity index (χ4v) is 0.917. The predicted octanol–water partition coefficient (Wildman–Crippen LogP) is 1.02. The quantitative estimate of drug-likeness (QED) is 0.521. The van der Waals surface area contributed by atoms with Crippen molar-refractivity contribution >= 4 is 0 Å². The lowest BCUT2D eigenvalue weighted by atomic mass is 10.1. The number of aliphatic hydroxyl groups excluding tert-OH is 1. The normalized spacial score (nSPS) is 39.4. The van der Waals surface area contributed by atoms with Crippen molar-refractivity contribution in [3.05, 3.63) is 0 Å². The molecule has 0 saturated heterocycles. The van der Waals surface area contributed by atoms with E-state index in [-0.39, 0.29) is 6.10 Å². The van der Waals surface area contributed by atoms with Crippen LogP contribution in [0.25, 0.3) is 0 Å². The molecule has 0 amide bonds. The van der Waals surface area contributed by atoms with Crippen molar-refractivity contribution in [1.82, 2.24) is 0 Å². The average Bonchev–Trinajstić information content (AvgIpc) is 2.17. The van der Waals surface area contributed by atoms with E-state index in [9.17, 15) is 0 Å². The Kier molecular flexibility index (Phi) is 1.08. The summed E-state index contributed by atoms with van der Waals surface area (Å²) in [6, 6.07) is 0. The largest absolute Gasteiger partial charge is 0.393 e. The zero-order chi connectivity index (χ0) is 5.44. The molecule has 0 aromatic carbocycles. The van der Waals surface area contributed by atoms with Crippen LogP contribution in [0.5, 0.6) is 0 Å². The maximum Gasteiger partial charge on any atom is 0.0575 e. The van der Waals surface area contributed by atoms with Gasteiger partial charge in [0.2, 0.25) is 0 Å². The minimum atomic E-state index is 0.0417. The number of hydrogen-bond acceptors (Lipinski definition) is 1. The first-order valence-corrected chi connectivity index (χ1v) is 2.90. The van der Waals surface area contributed by atoms with E-state index in [1.165, 1.54) is 0 Å². The molecule has 1 nitrogen and oxygen atoms in total. The van der Waals surface area contributed by atoms with Crippen molar-refractivity contribution in [1.29, 1.82) is 0 Å². The summed E-state index contributed by atoms with van der Waals surface area (Å²) in [4.78, 5) is 0. The van der Waals surface area contributed by atoms with Gasteiger partial charge < -0.3 is 5.11 Å². The van der Waals surface area contributed by atoms with Crippen LogP contribution < -0.4 is 0 Å². The van der Waals surface area contributed by atoms with Gasteiger partial charge in [0, 0.05) is 0 Å². The van der Waals surface area contributed by atoms with Crippen molar-refractivity contribution in [2.75, 3.05) is 0 Å². The Balaban J connectivity index is 2.20. The second-order valence-electron chi connectivity index (χ2n) is 2.71. The van der Waals surface area contributed by atoms with Gasteiger partial charge in [-0.2, -0.15) is 0 Å². The van der Waals surface area contributed by atoms with Crippen LogP contribution in [0.15, 0.2) is 0 Å². The van der Waals surface area contributed by atoms with Gasteiger partial charge in [0.05, 0.1) is 6.10 Å². The monoisotopic (exact) mass is 100 g/mol. The van der Waals surface area contributed by atoms with Crippen molar-refractivity contribution in [2.24, 2.45) is 11.8 Å². The third-order valence-electron chi connectivity index (χ3n) is 1.66. The van der Waals surface area contributed by atoms with Crippen LogP contribution in [0.1, 0.15) is 20.3 Å². The minimum Gasteiger partial charge on any atom is -0.393 e. The second kappa shape index (κ2) is 1.48. The average molecular weight is 100 g/mol. The standard InChI is InChI=1S/C6H12O/c1-4(2)5-3-6(5)7/h4-7H,3H2,1-2H3/t5-,6-/m0/s1. The lowest BCUT2D eigenvalue weighted by Gasteiger charge is -1.96. The molecule has 1 aliphatic rings. The van der Waals surface area contributed by atoms with Gasteiger partial charge in [0.25, 0.3) is 0 Å². The molecule has 1 rings (SSSR count). The van der Waals surface area contributed by atoms with Crippen LogP contribution in [0.4, 0.5) is 0 Å². The maximum absolute atomic E-state index is 8.80. The summed E-state index contributed by atoms with van der Waals surface area (Å²) in [5.74, 6) is 1.31. The molecule has 1 heteroatoms. The highest BCUT2D eigenvalue weighted by Crippen LogP contribution is 2.36. The molecule has 42 valence electrons.